The van der Waals surface area contributed by atoms with Crippen molar-refractivity contribution in [2.45, 2.75) is 25.9 Å². The highest BCUT2D eigenvalue weighted by molar-refractivity contribution is 5.76. The first-order chi connectivity index (χ1) is 7.22. The van der Waals surface area contributed by atoms with Crippen LogP contribution in [0.15, 0.2) is 24.5 Å². The molecule has 3 heteroatoms. The molecule has 0 fully saturated rings. The summed E-state index contributed by atoms with van der Waals surface area (Å²) >= 11 is 0. The molecule has 0 spiro atoms. The summed E-state index contributed by atoms with van der Waals surface area (Å²) < 4.78 is 1.98. The van der Waals surface area contributed by atoms with Gasteiger partial charge in [-0.3, -0.25) is 0 Å². The predicted octanol–water partition coefficient (Wildman–Crippen LogP) is 2.41. The van der Waals surface area contributed by atoms with Crippen molar-refractivity contribution in [2.24, 2.45) is 7.05 Å². The molecule has 1 atom stereocenters. The minimum atomic E-state index is -0.360. The van der Waals surface area contributed by atoms with Crippen LogP contribution in [0.2, 0.25) is 0 Å². The molecule has 1 N–H and O–H groups in total. The highest BCUT2D eigenvalue weighted by atomic mass is 16.3. The molecule has 1 heterocycles. The average Bonchev–Trinajstić information content (AvgIpc) is 2.60. The van der Waals surface area contributed by atoms with E-state index >= 15 is 0 Å². The molecule has 0 bridgehead atoms. The Bertz CT molecular complexity index is 462. The fourth-order valence-corrected chi connectivity index (χ4v) is 1.80. The number of rotatable bonds is 3. The van der Waals surface area contributed by atoms with Crippen LogP contribution in [0.25, 0.3) is 11.0 Å². The van der Waals surface area contributed by atoms with Crippen molar-refractivity contribution in [1.82, 2.24) is 9.55 Å². The van der Waals surface area contributed by atoms with Gasteiger partial charge in [0.2, 0.25) is 0 Å². The van der Waals surface area contributed by atoms with Gasteiger partial charge in [-0.05, 0) is 24.1 Å². The number of benzene rings is 1. The Labute approximate surface area is 89.4 Å². The van der Waals surface area contributed by atoms with Crippen molar-refractivity contribution in [3.63, 3.8) is 0 Å². The Morgan fingerprint density at radius 3 is 3.00 bits per heavy atom. The Hall–Kier alpha value is -1.35. The second-order valence-electron chi connectivity index (χ2n) is 3.91. The molecule has 0 radical (unpaired) electrons. The molecule has 0 amide bonds. The van der Waals surface area contributed by atoms with Crippen LogP contribution in [0, 0.1) is 0 Å². The summed E-state index contributed by atoms with van der Waals surface area (Å²) in [5.74, 6) is 0. The van der Waals surface area contributed by atoms with Crippen molar-refractivity contribution in [3.05, 3.63) is 30.1 Å². The maximum atomic E-state index is 9.85. The lowest BCUT2D eigenvalue weighted by atomic mass is 10.0. The standard InChI is InChI=1S/C12H16N2O/c1-3-4-12(15)9-5-6-11-10(7-9)13-8-14(11)2/h5-8,12,15H,3-4H2,1-2H3. The van der Waals surface area contributed by atoms with Gasteiger partial charge >= 0.3 is 0 Å². The van der Waals surface area contributed by atoms with E-state index in [0.29, 0.717) is 0 Å². The number of aryl methyl sites for hydroxylation is 1. The molecule has 80 valence electrons. The highest BCUT2D eigenvalue weighted by Gasteiger charge is 2.08. The number of imidazole rings is 1. The largest absolute Gasteiger partial charge is 0.388 e. The molecule has 3 nitrogen and oxygen atoms in total. The van der Waals surface area contributed by atoms with E-state index in [1.165, 1.54) is 0 Å². The van der Waals surface area contributed by atoms with Gasteiger partial charge in [0.25, 0.3) is 0 Å². The van der Waals surface area contributed by atoms with Crippen LogP contribution in [-0.2, 0) is 7.05 Å². The number of hydrogen-bond acceptors (Lipinski definition) is 2. The van der Waals surface area contributed by atoms with Gasteiger partial charge in [-0.2, -0.15) is 0 Å². The first-order valence-electron chi connectivity index (χ1n) is 5.31. The van der Waals surface area contributed by atoms with Crippen molar-refractivity contribution in [3.8, 4) is 0 Å². The molecule has 0 saturated carbocycles. The minimum absolute atomic E-state index is 0.360. The third-order valence-electron chi connectivity index (χ3n) is 2.70. The fraction of sp³-hybridized carbons (Fsp3) is 0.417. The maximum Gasteiger partial charge on any atom is 0.0955 e. The summed E-state index contributed by atoms with van der Waals surface area (Å²) in [5.41, 5.74) is 3.01. The number of aliphatic hydroxyl groups excluding tert-OH is 1. The summed E-state index contributed by atoms with van der Waals surface area (Å²) in [7, 11) is 1.97. The Morgan fingerprint density at radius 1 is 1.47 bits per heavy atom. The van der Waals surface area contributed by atoms with E-state index in [1.807, 2.05) is 29.8 Å². The summed E-state index contributed by atoms with van der Waals surface area (Å²) in [6.45, 7) is 2.07. The second-order valence-corrected chi connectivity index (χ2v) is 3.91. The Morgan fingerprint density at radius 2 is 2.27 bits per heavy atom. The lowest BCUT2D eigenvalue weighted by molar-refractivity contribution is 0.166. The van der Waals surface area contributed by atoms with E-state index in [0.717, 1.165) is 29.4 Å². The number of hydrogen-bond donors (Lipinski definition) is 1. The highest BCUT2D eigenvalue weighted by Crippen LogP contribution is 2.22. The SMILES string of the molecule is CCCC(O)c1ccc2c(c1)ncn2C. The second kappa shape index (κ2) is 4.03. The summed E-state index contributed by atoms with van der Waals surface area (Å²) in [4.78, 5) is 4.27. The molecule has 0 saturated heterocycles. The zero-order valence-corrected chi connectivity index (χ0v) is 9.14. The van der Waals surface area contributed by atoms with Crippen LogP contribution < -0.4 is 0 Å². The monoisotopic (exact) mass is 204 g/mol. The first kappa shape index (κ1) is 10.2. The van der Waals surface area contributed by atoms with Gasteiger partial charge in [0.1, 0.15) is 0 Å². The van der Waals surface area contributed by atoms with E-state index in [1.54, 1.807) is 6.33 Å². The summed E-state index contributed by atoms with van der Waals surface area (Å²) in [5, 5.41) is 9.85. The molecule has 2 aromatic rings. The van der Waals surface area contributed by atoms with Crippen molar-refractivity contribution >= 4 is 11.0 Å². The van der Waals surface area contributed by atoms with Gasteiger partial charge in [0, 0.05) is 7.05 Å². The summed E-state index contributed by atoms with van der Waals surface area (Å²) in [6.07, 6.45) is 3.22. The number of nitrogens with zero attached hydrogens (tertiary/aromatic N) is 2. The van der Waals surface area contributed by atoms with E-state index in [-0.39, 0.29) is 6.10 Å². The third-order valence-corrected chi connectivity index (χ3v) is 2.70. The Kier molecular flexibility index (Phi) is 2.73. The van der Waals surface area contributed by atoms with E-state index in [9.17, 15) is 5.11 Å². The molecule has 0 aliphatic rings. The van der Waals surface area contributed by atoms with Crippen LogP contribution in [0.4, 0.5) is 0 Å². The predicted molar refractivity (Wildman–Crippen MR) is 60.6 cm³/mol. The lowest BCUT2D eigenvalue weighted by Crippen LogP contribution is -1.96. The van der Waals surface area contributed by atoms with Gasteiger partial charge < -0.3 is 9.67 Å². The Balaban J connectivity index is 2.38. The quantitative estimate of drug-likeness (QED) is 0.833. The number of aliphatic hydroxyl groups is 1. The van der Waals surface area contributed by atoms with Gasteiger partial charge in [-0.25, -0.2) is 4.98 Å². The third kappa shape index (κ3) is 1.88. The normalized spacial score (nSPS) is 13.3. The molecule has 1 aromatic carbocycles. The molecule has 2 rings (SSSR count). The molecule has 1 unspecified atom stereocenters. The van der Waals surface area contributed by atoms with Crippen molar-refractivity contribution in [2.75, 3.05) is 0 Å². The fourth-order valence-electron chi connectivity index (χ4n) is 1.80. The van der Waals surface area contributed by atoms with E-state index < -0.39 is 0 Å². The van der Waals surface area contributed by atoms with Gasteiger partial charge in [-0.1, -0.05) is 19.4 Å². The summed E-state index contributed by atoms with van der Waals surface area (Å²) in [6, 6.07) is 5.95. The minimum Gasteiger partial charge on any atom is -0.388 e. The molecule has 0 aliphatic carbocycles. The smallest absolute Gasteiger partial charge is 0.0955 e. The first-order valence-corrected chi connectivity index (χ1v) is 5.31. The van der Waals surface area contributed by atoms with Crippen LogP contribution >= 0.6 is 0 Å². The van der Waals surface area contributed by atoms with Crippen LogP contribution in [0.5, 0.6) is 0 Å². The van der Waals surface area contributed by atoms with E-state index in [2.05, 4.69) is 11.9 Å². The van der Waals surface area contributed by atoms with Crippen molar-refractivity contribution < 1.29 is 5.11 Å². The van der Waals surface area contributed by atoms with Gasteiger partial charge in [0.15, 0.2) is 0 Å². The number of fused-ring (bicyclic) bond motifs is 1. The molecule has 0 aliphatic heterocycles. The van der Waals surface area contributed by atoms with Crippen LogP contribution in [0.1, 0.15) is 31.4 Å². The van der Waals surface area contributed by atoms with Crippen molar-refractivity contribution in [1.29, 1.82) is 0 Å². The zero-order chi connectivity index (χ0) is 10.8. The molecular formula is C12H16N2O. The zero-order valence-electron chi connectivity index (χ0n) is 9.14. The van der Waals surface area contributed by atoms with Crippen LogP contribution in [0.3, 0.4) is 0 Å². The molecule has 15 heavy (non-hydrogen) atoms. The van der Waals surface area contributed by atoms with E-state index in [4.69, 9.17) is 0 Å². The molecule has 1 aromatic heterocycles. The lowest BCUT2D eigenvalue weighted by Gasteiger charge is -2.09. The number of aromatic nitrogens is 2. The average molecular weight is 204 g/mol. The van der Waals surface area contributed by atoms with Gasteiger partial charge in [-0.15, -0.1) is 0 Å². The van der Waals surface area contributed by atoms with Crippen LogP contribution in [-0.4, -0.2) is 14.7 Å². The topological polar surface area (TPSA) is 38.1 Å². The van der Waals surface area contributed by atoms with Gasteiger partial charge in [0.05, 0.1) is 23.5 Å². The molecular weight excluding hydrogens is 188 g/mol. The maximum absolute atomic E-state index is 9.85.